The highest BCUT2D eigenvalue weighted by molar-refractivity contribution is 7.87. The summed E-state index contributed by atoms with van der Waals surface area (Å²) in [6.07, 6.45) is 0. The third-order valence-corrected chi connectivity index (χ3v) is 13.4. The van der Waals surface area contributed by atoms with E-state index in [0.717, 1.165) is 27.4 Å². The van der Waals surface area contributed by atoms with E-state index < -0.39 is 52.5 Å². The fourth-order valence-corrected chi connectivity index (χ4v) is 9.11. The second-order valence-corrected chi connectivity index (χ2v) is 17.6. The normalized spacial score (nSPS) is 12.9. The minimum absolute atomic E-state index is 0.00296. The zero-order valence-corrected chi connectivity index (χ0v) is 33.9. The van der Waals surface area contributed by atoms with Crippen molar-refractivity contribution in [1.82, 2.24) is 15.0 Å². The molecule has 5 aromatic rings. The van der Waals surface area contributed by atoms with E-state index in [2.05, 4.69) is 35.1 Å². The number of nitrogen functional groups attached to an aromatic ring is 1. The third kappa shape index (κ3) is 7.41. The highest BCUT2D eigenvalue weighted by Crippen LogP contribution is 2.44. The molecule has 0 unspecified atom stereocenters. The minimum Gasteiger partial charge on any atom is -0.397 e. The van der Waals surface area contributed by atoms with E-state index in [1.807, 2.05) is 0 Å². The van der Waals surface area contributed by atoms with Gasteiger partial charge in [0.1, 0.15) is 9.79 Å². The molecule has 22 heteroatoms. The van der Waals surface area contributed by atoms with Gasteiger partial charge >= 0.3 is 0 Å². The molecule has 1 aromatic heterocycles. The highest BCUT2D eigenvalue weighted by atomic mass is 35.5. The van der Waals surface area contributed by atoms with Gasteiger partial charge in [-0.05, 0) is 79.4 Å². The summed E-state index contributed by atoms with van der Waals surface area (Å²) < 4.78 is 91.6. The lowest BCUT2D eigenvalue weighted by atomic mass is 9.82. The van der Waals surface area contributed by atoms with Crippen LogP contribution in [0, 0.1) is 20.8 Å². The number of nitrogens with two attached hydrogens (primary N) is 1. The Morgan fingerprint density at radius 1 is 0.632 bits per heavy atom. The number of fused-ring (bicyclic) bond motifs is 2. The Hall–Kier alpha value is -5.55. The first-order chi connectivity index (χ1) is 26.8. The van der Waals surface area contributed by atoms with Crippen LogP contribution in [0.25, 0.3) is 0 Å². The number of anilines is 7. The van der Waals surface area contributed by atoms with Gasteiger partial charge in [-0.15, -0.1) is 0 Å². The van der Waals surface area contributed by atoms with Crippen LogP contribution >= 0.6 is 11.6 Å². The first-order valence-corrected chi connectivity index (χ1v) is 20.9. The lowest BCUT2D eigenvalue weighted by Crippen LogP contribution is -2.25. The molecule has 18 nitrogen and oxygen atoms in total. The van der Waals surface area contributed by atoms with Gasteiger partial charge in [-0.1, -0.05) is 24.3 Å². The molecule has 1 aliphatic rings. The Labute approximate surface area is 332 Å². The largest absolute Gasteiger partial charge is 0.397 e. The summed E-state index contributed by atoms with van der Waals surface area (Å²) >= 11 is 6.27. The van der Waals surface area contributed by atoms with Crippen LogP contribution < -0.4 is 21.7 Å². The Balaban J connectivity index is 1.52. The average molecular weight is 858 g/mol. The number of nitrogens with one attached hydrogen (secondary N) is 3. The molecule has 57 heavy (non-hydrogen) atoms. The summed E-state index contributed by atoms with van der Waals surface area (Å²) in [5.74, 6) is -1.64. The van der Waals surface area contributed by atoms with Crippen molar-refractivity contribution in [3.8, 4) is 0 Å². The minimum atomic E-state index is -4.58. The quantitative estimate of drug-likeness (QED) is 0.0927. The molecule has 0 saturated heterocycles. The van der Waals surface area contributed by atoms with Crippen LogP contribution in [0.1, 0.15) is 48.5 Å². The molecule has 298 valence electrons. The van der Waals surface area contributed by atoms with Crippen LogP contribution in [0.5, 0.6) is 0 Å². The molecule has 0 saturated carbocycles. The van der Waals surface area contributed by atoms with Crippen molar-refractivity contribution in [3.63, 3.8) is 0 Å². The molecule has 4 aromatic carbocycles. The SMILES string of the molecule is COS(=O)(=O)c1ccc(Nc2nc(Cl)nc(Nc3c(C)c(Nc4cc(S(=O)(=O)OC)c(N)c5c4C(=O)c4ccccc4C5=O)c(C)c(S(=O)(=O)OC)c3C)n2)cc1. The number of rotatable bonds is 12. The van der Waals surface area contributed by atoms with E-state index >= 15 is 0 Å². The van der Waals surface area contributed by atoms with Crippen molar-refractivity contribution in [2.24, 2.45) is 0 Å². The number of hydrogen-bond acceptors (Lipinski definition) is 18. The monoisotopic (exact) mass is 857 g/mol. The Bertz CT molecular complexity index is 2870. The Kier molecular flexibility index (Phi) is 10.9. The summed E-state index contributed by atoms with van der Waals surface area (Å²) in [5, 5.41) is 8.60. The molecule has 6 rings (SSSR count). The molecule has 1 aliphatic carbocycles. The number of carbonyl (C=O) groups is 2. The van der Waals surface area contributed by atoms with Gasteiger partial charge in [-0.25, -0.2) is 0 Å². The number of hydrogen-bond donors (Lipinski definition) is 4. The summed E-state index contributed by atoms with van der Waals surface area (Å²) in [4.78, 5) is 39.5. The zero-order valence-electron chi connectivity index (χ0n) is 30.7. The van der Waals surface area contributed by atoms with Crippen molar-refractivity contribution in [3.05, 3.63) is 98.8 Å². The van der Waals surface area contributed by atoms with E-state index in [0.29, 0.717) is 11.3 Å². The predicted molar refractivity (Wildman–Crippen MR) is 209 cm³/mol. The molecule has 5 N–H and O–H groups in total. The van der Waals surface area contributed by atoms with E-state index in [1.165, 1.54) is 50.2 Å². The Morgan fingerprint density at radius 2 is 1.14 bits per heavy atom. The van der Waals surface area contributed by atoms with Gasteiger partial charge in [-0.2, -0.15) is 40.2 Å². The van der Waals surface area contributed by atoms with E-state index in [-0.39, 0.29) is 77.4 Å². The maximum atomic E-state index is 14.1. The molecule has 0 bridgehead atoms. The summed E-state index contributed by atoms with van der Waals surface area (Å²) in [6.45, 7) is 4.54. The maximum absolute atomic E-state index is 14.1. The van der Waals surface area contributed by atoms with E-state index in [4.69, 9.17) is 25.7 Å². The molecule has 0 amide bonds. The standard InChI is InChI=1S/C35H32ClN7O11S3/c1-16-28(39-23-15-24(56(48,49)53-5)27(37)26-25(23)30(44)21-9-7-8-10-22(21)31(26)45)17(2)32(57(50,51)54-6)18(3)29(16)40-35-42-33(36)41-34(43-35)38-19-11-13-20(14-12-19)55(46,47)52-4/h7-15,39H,37H2,1-6H3,(H2,38,40,41,42,43). The first kappa shape index (κ1) is 41.1. The average Bonchev–Trinajstić information content (AvgIpc) is 3.17. The number of nitrogens with zero attached hydrogens (tertiary/aromatic N) is 3. The number of ketones is 2. The highest BCUT2D eigenvalue weighted by Gasteiger charge is 2.37. The van der Waals surface area contributed by atoms with Gasteiger partial charge in [0.15, 0.2) is 11.6 Å². The van der Waals surface area contributed by atoms with Gasteiger partial charge in [0.05, 0.1) is 54.4 Å². The third-order valence-electron chi connectivity index (χ3n) is 9.06. The van der Waals surface area contributed by atoms with Crippen LogP contribution in [-0.2, 0) is 42.9 Å². The maximum Gasteiger partial charge on any atom is 0.298 e. The van der Waals surface area contributed by atoms with Gasteiger partial charge in [-0.3, -0.25) is 22.1 Å². The molecule has 0 spiro atoms. The second-order valence-electron chi connectivity index (χ2n) is 12.3. The number of benzene rings is 4. The fraction of sp³-hybridized carbons (Fsp3) is 0.171. The van der Waals surface area contributed by atoms with Gasteiger partial charge in [0, 0.05) is 22.5 Å². The van der Waals surface area contributed by atoms with Crippen LogP contribution in [0.15, 0.2) is 69.3 Å². The zero-order chi connectivity index (χ0) is 41.8. The Morgan fingerprint density at radius 3 is 1.68 bits per heavy atom. The second kappa shape index (κ2) is 15.1. The van der Waals surface area contributed by atoms with Gasteiger partial charge in [0.2, 0.25) is 17.2 Å². The van der Waals surface area contributed by atoms with Gasteiger partial charge in [0.25, 0.3) is 30.4 Å². The topological polar surface area (TPSA) is 265 Å². The molecule has 0 aliphatic heterocycles. The van der Waals surface area contributed by atoms with Crippen molar-refractivity contribution in [2.75, 3.05) is 43.0 Å². The van der Waals surface area contributed by atoms with Crippen LogP contribution in [-0.4, -0.2) is 73.1 Å². The number of halogens is 1. The molecule has 0 radical (unpaired) electrons. The summed E-state index contributed by atoms with van der Waals surface area (Å²) in [6, 6.07) is 12.4. The van der Waals surface area contributed by atoms with Crippen LogP contribution in [0.4, 0.5) is 40.3 Å². The van der Waals surface area contributed by atoms with Crippen molar-refractivity contribution >= 4 is 93.9 Å². The molecule has 0 atom stereocenters. The van der Waals surface area contributed by atoms with Gasteiger partial charge < -0.3 is 21.7 Å². The smallest absolute Gasteiger partial charge is 0.298 e. The fourth-order valence-electron chi connectivity index (χ4n) is 6.36. The predicted octanol–water partition coefficient (Wildman–Crippen LogP) is 5.04. The molecular formula is C35H32ClN7O11S3. The number of carbonyl (C=O) groups excluding carboxylic acids is 2. The first-order valence-electron chi connectivity index (χ1n) is 16.3. The lowest BCUT2D eigenvalue weighted by Gasteiger charge is -2.26. The van der Waals surface area contributed by atoms with Crippen LogP contribution in [0.2, 0.25) is 5.28 Å². The molecule has 1 heterocycles. The van der Waals surface area contributed by atoms with E-state index in [1.54, 1.807) is 19.1 Å². The van der Waals surface area contributed by atoms with Crippen molar-refractivity contribution in [1.29, 1.82) is 0 Å². The van der Waals surface area contributed by atoms with Crippen molar-refractivity contribution in [2.45, 2.75) is 35.5 Å². The van der Waals surface area contributed by atoms with Crippen LogP contribution in [0.3, 0.4) is 0 Å². The number of aromatic nitrogens is 3. The van der Waals surface area contributed by atoms with E-state index in [9.17, 15) is 34.8 Å². The summed E-state index contributed by atoms with van der Waals surface area (Å²) in [5.41, 5.74) is 6.02. The molecule has 0 fully saturated rings. The lowest BCUT2D eigenvalue weighted by molar-refractivity contribution is 0.0980. The summed E-state index contributed by atoms with van der Waals surface area (Å²) in [7, 11) is -10.1. The van der Waals surface area contributed by atoms with Crippen molar-refractivity contribution < 1.29 is 47.4 Å². The molecular weight excluding hydrogens is 826 g/mol.